The Labute approximate surface area is 128 Å². The molecule has 3 rings (SSSR count). The minimum absolute atomic E-state index is 0.380. The molecule has 112 valence electrons. The lowest BCUT2D eigenvalue weighted by molar-refractivity contribution is 0.0598. The Kier molecular flexibility index (Phi) is 3.83. The number of methoxy groups -OCH3 is 1. The van der Waals surface area contributed by atoms with Crippen molar-refractivity contribution >= 4 is 22.4 Å². The third-order valence-corrected chi connectivity index (χ3v) is 3.71. The highest BCUT2D eigenvalue weighted by Crippen LogP contribution is 2.27. The van der Waals surface area contributed by atoms with E-state index in [1.54, 1.807) is 6.07 Å². The molecule has 4 heteroatoms. The molecular formula is C18H17NO3. The van der Waals surface area contributed by atoms with Crippen LogP contribution in [0.5, 0.6) is 0 Å². The van der Waals surface area contributed by atoms with Crippen molar-refractivity contribution in [3.05, 3.63) is 66.1 Å². The molecule has 0 fully saturated rings. The summed E-state index contributed by atoms with van der Waals surface area (Å²) >= 11 is 0. The zero-order valence-corrected chi connectivity index (χ0v) is 12.6. The molecule has 4 nitrogen and oxygen atoms in total. The molecule has 2 aromatic carbocycles. The fourth-order valence-corrected chi connectivity index (χ4v) is 2.60. The first-order valence-electron chi connectivity index (χ1n) is 7.04. The molecular weight excluding hydrogens is 278 g/mol. The van der Waals surface area contributed by atoms with Crippen molar-refractivity contribution in [2.24, 2.45) is 0 Å². The zero-order valence-electron chi connectivity index (χ0n) is 12.6. The Morgan fingerprint density at radius 1 is 1.14 bits per heavy atom. The topological polar surface area (TPSA) is 42.7 Å². The molecule has 0 saturated carbocycles. The van der Waals surface area contributed by atoms with Crippen molar-refractivity contribution in [1.29, 1.82) is 0 Å². The van der Waals surface area contributed by atoms with E-state index in [-0.39, 0.29) is 5.97 Å². The summed E-state index contributed by atoms with van der Waals surface area (Å²) in [4.78, 5) is 13.8. The van der Waals surface area contributed by atoms with E-state index < -0.39 is 0 Å². The van der Waals surface area contributed by atoms with Crippen LogP contribution in [0.25, 0.3) is 10.8 Å². The van der Waals surface area contributed by atoms with Crippen LogP contribution in [0.4, 0.5) is 5.69 Å². The van der Waals surface area contributed by atoms with Crippen molar-refractivity contribution in [1.82, 2.24) is 0 Å². The fourth-order valence-electron chi connectivity index (χ4n) is 2.60. The number of benzene rings is 2. The molecule has 0 atom stereocenters. The molecule has 22 heavy (non-hydrogen) atoms. The molecule has 1 aromatic heterocycles. The van der Waals surface area contributed by atoms with Crippen LogP contribution in [0.3, 0.4) is 0 Å². The lowest BCUT2D eigenvalue weighted by Crippen LogP contribution is -2.18. The van der Waals surface area contributed by atoms with Crippen LogP contribution >= 0.6 is 0 Å². The van der Waals surface area contributed by atoms with Gasteiger partial charge in [0.2, 0.25) is 0 Å². The van der Waals surface area contributed by atoms with Gasteiger partial charge in [0.25, 0.3) is 0 Å². The monoisotopic (exact) mass is 295 g/mol. The van der Waals surface area contributed by atoms with E-state index in [0.717, 1.165) is 5.69 Å². The SMILES string of the molecule is COC(=O)c1ccoc1CN(C)c1cccc2ccccc12. The molecule has 0 spiro atoms. The van der Waals surface area contributed by atoms with Crippen LogP contribution in [-0.4, -0.2) is 20.1 Å². The standard InChI is InChI=1S/C18H17NO3/c1-19(12-17-15(10-11-22-17)18(20)21-2)16-9-5-7-13-6-3-4-8-14(13)16/h3-11H,12H2,1-2H3. The minimum Gasteiger partial charge on any atom is -0.467 e. The van der Waals surface area contributed by atoms with Crippen LogP contribution in [0, 0.1) is 0 Å². The van der Waals surface area contributed by atoms with E-state index in [4.69, 9.17) is 9.15 Å². The largest absolute Gasteiger partial charge is 0.467 e. The first-order valence-corrected chi connectivity index (χ1v) is 7.04. The predicted molar refractivity (Wildman–Crippen MR) is 86.1 cm³/mol. The second-order valence-electron chi connectivity index (χ2n) is 5.10. The Morgan fingerprint density at radius 2 is 1.91 bits per heavy atom. The van der Waals surface area contributed by atoms with Crippen LogP contribution in [0.15, 0.2) is 59.2 Å². The molecule has 0 aliphatic heterocycles. The van der Waals surface area contributed by atoms with Gasteiger partial charge in [0.1, 0.15) is 11.3 Å². The third kappa shape index (κ3) is 2.55. The molecule has 0 aliphatic carbocycles. The maximum atomic E-state index is 11.7. The summed E-state index contributed by atoms with van der Waals surface area (Å²) in [6.45, 7) is 0.492. The number of carbonyl (C=O) groups is 1. The lowest BCUT2D eigenvalue weighted by atomic mass is 10.1. The number of hydrogen-bond donors (Lipinski definition) is 0. The van der Waals surface area contributed by atoms with E-state index in [9.17, 15) is 4.79 Å². The van der Waals surface area contributed by atoms with E-state index in [2.05, 4.69) is 29.2 Å². The normalized spacial score (nSPS) is 10.6. The van der Waals surface area contributed by atoms with Gasteiger partial charge in [-0.1, -0.05) is 36.4 Å². The molecule has 0 saturated heterocycles. The van der Waals surface area contributed by atoms with Crippen molar-refractivity contribution in [2.45, 2.75) is 6.54 Å². The first kappa shape index (κ1) is 14.2. The van der Waals surface area contributed by atoms with Gasteiger partial charge in [-0.05, 0) is 17.5 Å². The fraction of sp³-hybridized carbons (Fsp3) is 0.167. The highest BCUT2D eigenvalue weighted by molar-refractivity contribution is 5.94. The van der Waals surface area contributed by atoms with Gasteiger partial charge < -0.3 is 14.1 Å². The molecule has 0 amide bonds. The van der Waals surface area contributed by atoms with Gasteiger partial charge in [-0.2, -0.15) is 0 Å². The average Bonchev–Trinajstić information content (AvgIpc) is 3.01. The number of hydrogen-bond acceptors (Lipinski definition) is 4. The van der Waals surface area contributed by atoms with Crippen LogP contribution in [0.2, 0.25) is 0 Å². The average molecular weight is 295 g/mol. The Balaban J connectivity index is 1.93. The molecule has 0 radical (unpaired) electrons. The third-order valence-electron chi connectivity index (χ3n) is 3.71. The van der Waals surface area contributed by atoms with Gasteiger partial charge in [-0.15, -0.1) is 0 Å². The lowest BCUT2D eigenvalue weighted by Gasteiger charge is -2.20. The molecule has 3 aromatic rings. The first-order chi connectivity index (χ1) is 10.7. The Bertz CT molecular complexity index is 801. The number of anilines is 1. The maximum Gasteiger partial charge on any atom is 0.341 e. The highest BCUT2D eigenvalue weighted by atomic mass is 16.5. The summed E-state index contributed by atoms with van der Waals surface area (Å²) in [6.07, 6.45) is 1.51. The van der Waals surface area contributed by atoms with Crippen molar-refractivity contribution in [2.75, 3.05) is 19.1 Å². The number of esters is 1. The number of fused-ring (bicyclic) bond motifs is 1. The van der Waals surface area contributed by atoms with E-state index in [1.807, 2.05) is 25.2 Å². The minimum atomic E-state index is -0.380. The van der Waals surface area contributed by atoms with Gasteiger partial charge in [0, 0.05) is 18.1 Å². The molecule has 0 N–H and O–H groups in total. The summed E-state index contributed by atoms with van der Waals surface area (Å²) in [5.41, 5.74) is 1.56. The Hall–Kier alpha value is -2.75. The maximum absolute atomic E-state index is 11.7. The highest BCUT2D eigenvalue weighted by Gasteiger charge is 2.17. The second-order valence-corrected chi connectivity index (χ2v) is 5.10. The number of carbonyl (C=O) groups excluding carboxylic acids is 1. The van der Waals surface area contributed by atoms with E-state index in [1.165, 1.54) is 24.1 Å². The second kappa shape index (κ2) is 5.93. The van der Waals surface area contributed by atoms with Crippen molar-refractivity contribution in [3.8, 4) is 0 Å². The number of nitrogens with zero attached hydrogens (tertiary/aromatic N) is 1. The van der Waals surface area contributed by atoms with Crippen molar-refractivity contribution < 1.29 is 13.9 Å². The van der Waals surface area contributed by atoms with Crippen LogP contribution < -0.4 is 4.90 Å². The predicted octanol–water partition coefficient (Wildman–Crippen LogP) is 3.86. The molecule has 0 unspecified atom stereocenters. The van der Waals surface area contributed by atoms with Gasteiger partial charge in [0.15, 0.2) is 0 Å². The van der Waals surface area contributed by atoms with Gasteiger partial charge >= 0.3 is 5.97 Å². The molecule has 0 bridgehead atoms. The van der Waals surface area contributed by atoms with Gasteiger partial charge in [-0.3, -0.25) is 0 Å². The van der Waals surface area contributed by atoms with Crippen molar-refractivity contribution in [3.63, 3.8) is 0 Å². The number of rotatable bonds is 4. The quantitative estimate of drug-likeness (QED) is 0.686. The van der Waals surface area contributed by atoms with Gasteiger partial charge in [0.05, 0.1) is 19.9 Å². The summed E-state index contributed by atoms with van der Waals surface area (Å²) in [6, 6.07) is 16.0. The molecule has 0 aliphatic rings. The van der Waals surface area contributed by atoms with Crippen LogP contribution in [0.1, 0.15) is 16.1 Å². The van der Waals surface area contributed by atoms with Crippen LogP contribution in [-0.2, 0) is 11.3 Å². The van der Waals surface area contributed by atoms with Gasteiger partial charge in [-0.25, -0.2) is 4.79 Å². The summed E-state index contributed by atoms with van der Waals surface area (Å²) in [7, 11) is 3.35. The van der Waals surface area contributed by atoms with E-state index >= 15 is 0 Å². The summed E-state index contributed by atoms with van der Waals surface area (Å²) in [5, 5.41) is 2.35. The molecule has 1 heterocycles. The number of furan rings is 1. The summed E-state index contributed by atoms with van der Waals surface area (Å²) < 4.78 is 10.2. The summed E-state index contributed by atoms with van der Waals surface area (Å²) in [5.74, 6) is 0.220. The number of ether oxygens (including phenoxy) is 1. The van der Waals surface area contributed by atoms with E-state index in [0.29, 0.717) is 17.9 Å². The zero-order chi connectivity index (χ0) is 15.5. The smallest absolute Gasteiger partial charge is 0.341 e. The Morgan fingerprint density at radius 3 is 2.73 bits per heavy atom.